The molecule has 0 aliphatic rings. The van der Waals surface area contributed by atoms with Gasteiger partial charge in [0.2, 0.25) is 0 Å². The Morgan fingerprint density at radius 2 is 1.57 bits per heavy atom. The van der Waals surface area contributed by atoms with E-state index >= 15 is 0 Å². The Morgan fingerprint density at radius 3 is 2.23 bits per heavy atom. The van der Waals surface area contributed by atoms with Crippen molar-refractivity contribution in [2.45, 2.75) is 0 Å². The molecule has 3 rings (SSSR count). The largest absolute Gasteiger partial charge is 0.452 e. The number of azo groups is 1. The summed E-state index contributed by atoms with van der Waals surface area (Å²) in [6.07, 6.45) is 0. The summed E-state index contributed by atoms with van der Waals surface area (Å²) in [4.78, 5) is 34.1. The topological polar surface area (TPSA) is 123 Å². The predicted octanol–water partition coefficient (Wildman–Crippen LogP) is 4.81. The van der Waals surface area contributed by atoms with Gasteiger partial charge in [0.25, 0.3) is 11.6 Å². The molecule has 9 heteroatoms. The van der Waals surface area contributed by atoms with Gasteiger partial charge in [0.1, 0.15) is 0 Å². The molecule has 9 nitrogen and oxygen atoms in total. The van der Waals surface area contributed by atoms with Gasteiger partial charge in [-0.3, -0.25) is 14.9 Å². The first kappa shape index (κ1) is 20.3. The molecule has 0 fully saturated rings. The maximum atomic E-state index is 12.0. The fourth-order valence-corrected chi connectivity index (χ4v) is 2.38. The lowest BCUT2D eigenvalue weighted by molar-refractivity contribution is -0.384. The normalized spacial score (nSPS) is 10.5. The van der Waals surface area contributed by atoms with Gasteiger partial charge in [-0.05, 0) is 42.5 Å². The molecule has 0 saturated carbocycles. The number of anilines is 1. The maximum absolute atomic E-state index is 12.0. The number of nitro benzene ring substituents is 1. The number of hydrogen-bond acceptors (Lipinski definition) is 7. The number of carbonyl (C=O) groups is 2. The summed E-state index contributed by atoms with van der Waals surface area (Å²) in [6, 6.07) is 21.0. The first-order chi connectivity index (χ1) is 14.5. The molecule has 0 radical (unpaired) electrons. The smallest absolute Gasteiger partial charge is 0.338 e. The Hall–Kier alpha value is -4.40. The van der Waals surface area contributed by atoms with E-state index in [-0.39, 0.29) is 11.3 Å². The van der Waals surface area contributed by atoms with Crippen molar-refractivity contribution < 1.29 is 19.2 Å². The van der Waals surface area contributed by atoms with Gasteiger partial charge in [0.15, 0.2) is 6.61 Å². The highest BCUT2D eigenvalue weighted by Crippen LogP contribution is 2.20. The summed E-state index contributed by atoms with van der Waals surface area (Å²) in [6.45, 7) is -0.531. The number of amides is 1. The molecule has 0 atom stereocenters. The molecular weight excluding hydrogens is 388 g/mol. The van der Waals surface area contributed by atoms with Gasteiger partial charge in [-0.15, -0.1) is 0 Å². The molecule has 30 heavy (non-hydrogen) atoms. The van der Waals surface area contributed by atoms with Crippen LogP contribution < -0.4 is 5.32 Å². The second kappa shape index (κ2) is 9.69. The molecule has 1 amide bonds. The number of benzene rings is 3. The van der Waals surface area contributed by atoms with Crippen LogP contribution in [0.25, 0.3) is 0 Å². The Morgan fingerprint density at radius 1 is 0.900 bits per heavy atom. The molecule has 0 bridgehead atoms. The lowest BCUT2D eigenvalue weighted by atomic mass is 10.2. The highest BCUT2D eigenvalue weighted by Gasteiger charge is 2.14. The Labute approximate surface area is 171 Å². The number of nitrogens with zero attached hydrogens (tertiary/aromatic N) is 3. The summed E-state index contributed by atoms with van der Waals surface area (Å²) in [5, 5.41) is 21.5. The molecule has 0 spiro atoms. The van der Waals surface area contributed by atoms with E-state index in [2.05, 4.69) is 15.5 Å². The zero-order valence-electron chi connectivity index (χ0n) is 15.6. The van der Waals surface area contributed by atoms with Crippen LogP contribution in [-0.2, 0) is 9.53 Å². The van der Waals surface area contributed by atoms with Crippen molar-refractivity contribution in [2.75, 3.05) is 11.9 Å². The third kappa shape index (κ3) is 5.80. The minimum atomic E-state index is -0.828. The Balaban J connectivity index is 1.51. The van der Waals surface area contributed by atoms with Crippen LogP contribution in [0.3, 0.4) is 0 Å². The van der Waals surface area contributed by atoms with Crippen LogP contribution in [0.15, 0.2) is 89.1 Å². The number of non-ortho nitro benzene ring substituents is 1. The van der Waals surface area contributed by atoms with E-state index in [0.29, 0.717) is 11.4 Å². The van der Waals surface area contributed by atoms with Crippen molar-refractivity contribution in [2.24, 2.45) is 10.2 Å². The molecule has 0 unspecified atom stereocenters. The molecule has 150 valence electrons. The monoisotopic (exact) mass is 404 g/mol. The van der Waals surface area contributed by atoms with Crippen molar-refractivity contribution in [1.82, 2.24) is 0 Å². The lowest BCUT2D eigenvalue weighted by Gasteiger charge is -2.07. The molecule has 1 N–H and O–H groups in total. The van der Waals surface area contributed by atoms with Crippen molar-refractivity contribution in [1.29, 1.82) is 0 Å². The summed E-state index contributed by atoms with van der Waals surface area (Å²) < 4.78 is 4.90. The van der Waals surface area contributed by atoms with Gasteiger partial charge in [-0.25, -0.2) is 4.79 Å². The second-order valence-electron chi connectivity index (χ2n) is 6.01. The number of rotatable bonds is 7. The molecule has 3 aromatic carbocycles. The fourth-order valence-electron chi connectivity index (χ4n) is 2.38. The molecule has 0 aliphatic carbocycles. The number of nitrogens with one attached hydrogen (secondary N) is 1. The Bertz CT molecular complexity index is 1080. The quantitative estimate of drug-likeness (QED) is 0.262. The molecule has 0 aliphatic heterocycles. The maximum Gasteiger partial charge on any atom is 0.338 e. The van der Waals surface area contributed by atoms with Gasteiger partial charge >= 0.3 is 5.97 Å². The molecule has 0 aromatic heterocycles. The standard InChI is InChI=1S/C21H16N4O5/c26-20(14-30-21(27)15-5-4-8-19(13-15)25(28)29)22-16-9-11-18(12-10-16)24-23-17-6-2-1-3-7-17/h1-13H,14H2,(H,22,26). The predicted molar refractivity (Wildman–Crippen MR) is 109 cm³/mol. The zero-order chi connectivity index (χ0) is 21.3. The number of nitro groups is 1. The van der Waals surface area contributed by atoms with E-state index in [9.17, 15) is 19.7 Å². The third-order valence-corrected chi connectivity index (χ3v) is 3.82. The fraction of sp³-hybridized carbons (Fsp3) is 0.0476. The van der Waals surface area contributed by atoms with E-state index in [1.54, 1.807) is 24.3 Å². The van der Waals surface area contributed by atoms with Gasteiger partial charge in [-0.1, -0.05) is 24.3 Å². The van der Waals surface area contributed by atoms with Crippen LogP contribution in [0, 0.1) is 10.1 Å². The lowest BCUT2D eigenvalue weighted by Crippen LogP contribution is -2.20. The van der Waals surface area contributed by atoms with Crippen LogP contribution in [0.5, 0.6) is 0 Å². The number of hydrogen-bond donors (Lipinski definition) is 1. The van der Waals surface area contributed by atoms with Crippen molar-refractivity contribution in [3.63, 3.8) is 0 Å². The van der Waals surface area contributed by atoms with Gasteiger partial charge in [0.05, 0.1) is 21.9 Å². The van der Waals surface area contributed by atoms with Crippen LogP contribution >= 0.6 is 0 Å². The van der Waals surface area contributed by atoms with Gasteiger partial charge in [-0.2, -0.15) is 10.2 Å². The van der Waals surface area contributed by atoms with E-state index in [1.807, 2.05) is 30.3 Å². The SMILES string of the molecule is O=C(COC(=O)c1cccc([N+](=O)[O-])c1)Nc1ccc(N=Nc2ccccc2)cc1. The molecule has 0 heterocycles. The molecular formula is C21H16N4O5. The van der Waals surface area contributed by atoms with Gasteiger partial charge in [0, 0.05) is 17.8 Å². The summed E-state index contributed by atoms with van der Waals surface area (Å²) in [5.41, 5.74) is 1.57. The average Bonchev–Trinajstić information content (AvgIpc) is 2.78. The van der Waals surface area contributed by atoms with E-state index in [0.717, 1.165) is 11.8 Å². The average molecular weight is 404 g/mol. The van der Waals surface area contributed by atoms with E-state index < -0.39 is 23.4 Å². The van der Waals surface area contributed by atoms with Crippen molar-refractivity contribution in [3.8, 4) is 0 Å². The van der Waals surface area contributed by atoms with E-state index in [4.69, 9.17) is 4.74 Å². The third-order valence-electron chi connectivity index (χ3n) is 3.82. The highest BCUT2D eigenvalue weighted by atomic mass is 16.6. The van der Waals surface area contributed by atoms with Crippen molar-refractivity contribution in [3.05, 3.63) is 94.5 Å². The van der Waals surface area contributed by atoms with Crippen LogP contribution in [0.2, 0.25) is 0 Å². The summed E-state index contributed by atoms with van der Waals surface area (Å²) in [7, 11) is 0. The second-order valence-corrected chi connectivity index (χ2v) is 6.01. The van der Waals surface area contributed by atoms with E-state index in [1.165, 1.54) is 18.2 Å². The minimum Gasteiger partial charge on any atom is -0.452 e. The number of ether oxygens (including phenoxy) is 1. The number of carbonyl (C=O) groups excluding carboxylic acids is 2. The van der Waals surface area contributed by atoms with Crippen LogP contribution in [0.4, 0.5) is 22.7 Å². The zero-order valence-corrected chi connectivity index (χ0v) is 15.6. The first-order valence-corrected chi connectivity index (χ1v) is 8.79. The van der Waals surface area contributed by atoms with Crippen LogP contribution in [0.1, 0.15) is 10.4 Å². The van der Waals surface area contributed by atoms with Gasteiger partial charge < -0.3 is 10.1 Å². The van der Waals surface area contributed by atoms with Crippen molar-refractivity contribution >= 4 is 34.6 Å². The molecule has 3 aromatic rings. The summed E-state index contributed by atoms with van der Waals surface area (Å²) >= 11 is 0. The highest BCUT2D eigenvalue weighted by molar-refractivity contribution is 5.95. The molecule has 0 saturated heterocycles. The Kier molecular flexibility index (Phi) is 6.57. The number of esters is 1. The van der Waals surface area contributed by atoms with Crippen LogP contribution in [-0.4, -0.2) is 23.4 Å². The minimum absolute atomic E-state index is 0.00914. The first-order valence-electron chi connectivity index (χ1n) is 8.79. The summed E-state index contributed by atoms with van der Waals surface area (Å²) in [5.74, 6) is -1.38.